The second-order valence-corrected chi connectivity index (χ2v) is 6.30. The Balaban J connectivity index is 1.83. The van der Waals surface area contributed by atoms with Gasteiger partial charge in [-0.05, 0) is 30.4 Å². The van der Waals surface area contributed by atoms with E-state index in [-0.39, 0.29) is 11.9 Å². The number of rotatable bonds is 2. The maximum atomic E-state index is 12.2. The molecule has 20 heavy (non-hydrogen) atoms. The van der Waals surface area contributed by atoms with Crippen LogP contribution in [0.1, 0.15) is 50.6 Å². The summed E-state index contributed by atoms with van der Waals surface area (Å²) in [5, 5.41) is 3.77. The van der Waals surface area contributed by atoms with Gasteiger partial charge in [0.05, 0.1) is 0 Å². The summed E-state index contributed by atoms with van der Waals surface area (Å²) in [6.45, 7) is 2.33. The molecule has 3 nitrogen and oxygen atoms in total. The number of nitrogens with one attached hydrogen (secondary N) is 1. The first-order valence-corrected chi connectivity index (χ1v) is 7.78. The molecular weight excluding hydrogens is 248 g/mol. The lowest BCUT2D eigenvalue weighted by Crippen LogP contribution is -2.44. The molecule has 1 aromatic carbocycles. The summed E-state index contributed by atoms with van der Waals surface area (Å²) in [5.74, 6) is 0.926. The lowest BCUT2D eigenvalue weighted by molar-refractivity contribution is -0.119. The summed E-state index contributed by atoms with van der Waals surface area (Å²) in [4.78, 5) is 14.0. The summed E-state index contributed by atoms with van der Waals surface area (Å²) >= 11 is 0. The van der Waals surface area contributed by atoms with Crippen molar-refractivity contribution in [1.82, 2.24) is 5.32 Å². The van der Waals surface area contributed by atoms with Crippen LogP contribution in [0.15, 0.2) is 24.3 Å². The largest absolute Gasteiger partial charge is 0.315 e. The van der Waals surface area contributed by atoms with Crippen LogP contribution in [0.25, 0.3) is 0 Å². The van der Waals surface area contributed by atoms with Crippen molar-refractivity contribution < 1.29 is 4.79 Å². The van der Waals surface area contributed by atoms with Gasteiger partial charge in [0.25, 0.3) is 0 Å². The number of para-hydroxylation sites is 1. The SMILES string of the molecule is CC1CCCCC1NC1CC(=O)N(C)c2ccccc21. The summed E-state index contributed by atoms with van der Waals surface area (Å²) in [6.07, 6.45) is 5.78. The van der Waals surface area contributed by atoms with Crippen molar-refractivity contribution in [3.05, 3.63) is 29.8 Å². The van der Waals surface area contributed by atoms with E-state index >= 15 is 0 Å². The molecule has 0 spiro atoms. The number of hydrogen-bond donors (Lipinski definition) is 1. The Morgan fingerprint density at radius 1 is 1.20 bits per heavy atom. The van der Waals surface area contributed by atoms with Crippen molar-refractivity contribution >= 4 is 11.6 Å². The molecule has 3 atom stereocenters. The highest BCUT2D eigenvalue weighted by molar-refractivity contribution is 5.96. The zero-order valence-corrected chi connectivity index (χ0v) is 12.4. The van der Waals surface area contributed by atoms with E-state index in [2.05, 4.69) is 24.4 Å². The number of benzene rings is 1. The highest BCUT2D eigenvalue weighted by atomic mass is 16.2. The minimum Gasteiger partial charge on any atom is -0.315 e. The van der Waals surface area contributed by atoms with Gasteiger partial charge >= 0.3 is 0 Å². The minimum absolute atomic E-state index is 0.181. The van der Waals surface area contributed by atoms with Gasteiger partial charge in [-0.15, -0.1) is 0 Å². The fourth-order valence-electron chi connectivity index (χ4n) is 3.61. The maximum absolute atomic E-state index is 12.2. The second-order valence-electron chi connectivity index (χ2n) is 6.30. The van der Waals surface area contributed by atoms with E-state index < -0.39 is 0 Å². The molecule has 1 saturated carbocycles. The molecule has 1 amide bonds. The summed E-state index contributed by atoms with van der Waals surface area (Å²) in [7, 11) is 1.88. The molecule has 3 rings (SSSR count). The molecule has 3 unspecified atom stereocenters. The van der Waals surface area contributed by atoms with Crippen LogP contribution in [0.5, 0.6) is 0 Å². The fraction of sp³-hybridized carbons (Fsp3) is 0.588. The third kappa shape index (κ3) is 2.47. The normalized spacial score (nSPS) is 30.2. The fourth-order valence-corrected chi connectivity index (χ4v) is 3.61. The van der Waals surface area contributed by atoms with Gasteiger partial charge in [0.2, 0.25) is 5.91 Å². The van der Waals surface area contributed by atoms with Gasteiger partial charge in [0, 0.05) is 31.2 Å². The Morgan fingerprint density at radius 3 is 2.75 bits per heavy atom. The van der Waals surface area contributed by atoms with Gasteiger partial charge < -0.3 is 10.2 Å². The van der Waals surface area contributed by atoms with E-state index in [0.29, 0.717) is 18.4 Å². The van der Waals surface area contributed by atoms with Crippen molar-refractivity contribution in [2.45, 2.75) is 51.1 Å². The van der Waals surface area contributed by atoms with E-state index in [1.165, 1.54) is 31.2 Å². The molecule has 1 fully saturated rings. The van der Waals surface area contributed by atoms with Gasteiger partial charge in [-0.2, -0.15) is 0 Å². The van der Waals surface area contributed by atoms with E-state index in [4.69, 9.17) is 0 Å². The van der Waals surface area contributed by atoms with Crippen LogP contribution in [0.4, 0.5) is 5.69 Å². The van der Waals surface area contributed by atoms with Gasteiger partial charge in [0.15, 0.2) is 0 Å². The number of anilines is 1. The molecule has 3 heteroatoms. The zero-order chi connectivity index (χ0) is 14.1. The van der Waals surface area contributed by atoms with Crippen molar-refractivity contribution in [2.75, 3.05) is 11.9 Å². The maximum Gasteiger partial charge on any atom is 0.228 e. The molecule has 0 aromatic heterocycles. The van der Waals surface area contributed by atoms with E-state index in [1.807, 2.05) is 19.2 Å². The number of hydrogen-bond acceptors (Lipinski definition) is 2. The predicted molar refractivity (Wildman–Crippen MR) is 81.8 cm³/mol. The Bertz CT molecular complexity index is 500. The molecule has 0 saturated heterocycles. The van der Waals surface area contributed by atoms with Crippen LogP contribution >= 0.6 is 0 Å². The molecule has 1 heterocycles. The molecule has 2 aliphatic rings. The Kier molecular flexibility index (Phi) is 3.79. The van der Waals surface area contributed by atoms with Gasteiger partial charge in [0.1, 0.15) is 0 Å². The highest BCUT2D eigenvalue weighted by Gasteiger charge is 2.32. The van der Waals surface area contributed by atoms with Crippen LogP contribution < -0.4 is 10.2 Å². The molecule has 1 aromatic rings. The number of carbonyl (C=O) groups excluding carboxylic acids is 1. The number of amides is 1. The van der Waals surface area contributed by atoms with Gasteiger partial charge in [-0.3, -0.25) is 4.79 Å². The van der Waals surface area contributed by atoms with Crippen molar-refractivity contribution in [3.63, 3.8) is 0 Å². The van der Waals surface area contributed by atoms with Crippen LogP contribution in [-0.2, 0) is 4.79 Å². The van der Waals surface area contributed by atoms with E-state index in [0.717, 1.165) is 5.69 Å². The first kappa shape index (κ1) is 13.6. The summed E-state index contributed by atoms with van der Waals surface area (Å²) in [6, 6.07) is 9.02. The van der Waals surface area contributed by atoms with Crippen LogP contribution in [-0.4, -0.2) is 19.0 Å². The summed E-state index contributed by atoms with van der Waals surface area (Å²) < 4.78 is 0. The van der Waals surface area contributed by atoms with Gasteiger partial charge in [-0.1, -0.05) is 38.0 Å². The third-order valence-corrected chi connectivity index (χ3v) is 4.95. The molecular formula is C17H24N2O. The number of fused-ring (bicyclic) bond motifs is 1. The van der Waals surface area contributed by atoms with Crippen LogP contribution in [0.2, 0.25) is 0 Å². The molecule has 108 valence electrons. The smallest absolute Gasteiger partial charge is 0.228 e. The van der Waals surface area contributed by atoms with Gasteiger partial charge in [-0.25, -0.2) is 0 Å². The molecule has 0 bridgehead atoms. The van der Waals surface area contributed by atoms with Crippen LogP contribution in [0, 0.1) is 5.92 Å². The Morgan fingerprint density at radius 2 is 1.95 bits per heavy atom. The van der Waals surface area contributed by atoms with Crippen LogP contribution in [0.3, 0.4) is 0 Å². The standard InChI is InChI=1S/C17H24N2O/c1-12-7-3-5-9-14(12)18-15-11-17(20)19(2)16-10-6-4-8-13(15)16/h4,6,8,10,12,14-15,18H,3,5,7,9,11H2,1-2H3. The number of nitrogens with zero attached hydrogens (tertiary/aromatic N) is 1. The molecule has 1 aliphatic heterocycles. The first-order valence-electron chi connectivity index (χ1n) is 7.78. The molecule has 1 aliphatic carbocycles. The third-order valence-electron chi connectivity index (χ3n) is 4.95. The number of carbonyl (C=O) groups is 1. The predicted octanol–water partition coefficient (Wildman–Crippen LogP) is 3.26. The lowest BCUT2D eigenvalue weighted by atomic mass is 9.84. The Labute approximate surface area is 121 Å². The van der Waals surface area contributed by atoms with E-state index in [1.54, 1.807) is 4.90 Å². The monoisotopic (exact) mass is 272 g/mol. The van der Waals surface area contributed by atoms with Crippen molar-refractivity contribution in [1.29, 1.82) is 0 Å². The van der Waals surface area contributed by atoms with Crippen molar-refractivity contribution in [3.8, 4) is 0 Å². The van der Waals surface area contributed by atoms with E-state index in [9.17, 15) is 4.79 Å². The molecule has 0 radical (unpaired) electrons. The summed E-state index contributed by atoms with van der Waals surface area (Å²) in [5.41, 5.74) is 2.33. The van der Waals surface area contributed by atoms with Crippen molar-refractivity contribution in [2.24, 2.45) is 5.92 Å². The first-order chi connectivity index (χ1) is 9.66. The minimum atomic E-state index is 0.181. The average Bonchev–Trinajstić information content (AvgIpc) is 2.47. The quantitative estimate of drug-likeness (QED) is 0.896. The average molecular weight is 272 g/mol. The Hall–Kier alpha value is -1.35. The topological polar surface area (TPSA) is 32.3 Å². The highest BCUT2D eigenvalue weighted by Crippen LogP contribution is 2.35. The second kappa shape index (κ2) is 5.57. The zero-order valence-electron chi connectivity index (χ0n) is 12.4. The molecule has 1 N–H and O–H groups in total. The lowest BCUT2D eigenvalue weighted by Gasteiger charge is -2.37.